The first-order valence-corrected chi connectivity index (χ1v) is 6.78. The van der Waals surface area contributed by atoms with Crippen LogP contribution in [0.25, 0.3) is 0 Å². The fourth-order valence-corrected chi connectivity index (χ4v) is 2.06. The molecule has 0 aliphatic carbocycles. The molecule has 0 radical (unpaired) electrons. The fraction of sp³-hybridized carbons (Fsp3) is 0.200. The van der Waals surface area contributed by atoms with Gasteiger partial charge in [-0.3, -0.25) is 4.79 Å². The summed E-state index contributed by atoms with van der Waals surface area (Å²) in [4.78, 5) is 17.7. The van der Waals surface area contributed by atoms with Crippen molar-refractivity contribution in [3.05, 3.63) is 58.2 Å². The van der Waals surface area contributed by atoms with Crippen molar-refractivity contribution in [2.45, 2.75) is 13.5 Å². The lowest BCUT2D eigenvalue weighted by molar-refractivity contribution is 0.101. The molecular formula is C15H15BrN2O. The fourth-order valence-electron chi connectivity index (χ4n) is 1.79. The predicted octanol–water partition coefficient (Wildman–Crippen LogP) is 3.68. The minimum Gasteiger partial charge on any atom is -0.355 e. The molecule has 0 fully saturated rings. The molecule has 0 N–H and O–H groups in total. The molecule has 1 aromatic carbocycles. The molecule has 0 aliphatic rings. The van der Waals surface area contributed by atoms with Crippen LogP contribution in [0, 0.1) is 0 Å². The summed E-state index contributed by atoms with van der Waals surface area (Å²) in [5.41, 5.74) is 1.88. The van der Waals surface area contributed by atoms with Gasteiger partial charge in [-0.2, -0.15) is 0 Å². The molecule has 0 unspecified atom stereocenters. The van der Waals surface area contributed by atoms with E-state index in [1.165, 1.54) is 5.56 Å². The number of rotatable bonds is 4. The third-order valence-corrected chi connectivity index (χ3v) is 3.40. The van der Waals surface area contributed by atoms with Gasteiger partial charge in [-0.25, -0.2) is 4.98 Å². The Morgan fingerprint density at radius 1 is 1.26 bits per heavy atom. The molecular weight excluding hydrogens is 304 g/mol. The highest BCUT2D eigenvalue weighted by atomic mass is 79.9. The van der Waals surface area contributed by atoms with Gasteiger partial charge < -0.3 is 4.90 Å². The molecule has 0 amide bonds. The number of hydrogen-bond donors (Lipinski definition) is 0. The maximum Gasteiger partial charge on any atom is 0.159 e. The van der Waals surface area contributed by atoms with Crippen LogP contribution in [0.5, 0.6) is 0 Å². The van der Waals surface area contributed by atoms with E-state index in [1.807, 2.05) is 30.1 Å². The average molecular weight is 319 g/mol. The van der Waals surface area contributed by atoms with Crippen LogP contribution >= 0.6 is 15.9 Å². The van der Waals surface area contributed by atoms with E-state index in [1.54, 1.807) is 19.2 Å². The Balaban J connectivity index is 2.15. The average Bonchev–Trinajstić information content (AvgIpc) is 2.41. The number of carbonyl (C=O) groups excluding carboxylic acids is 1. The molecule has 98 valence electrons. The van der Waals surface area contributed by atoms with E-state index in [0.717, 1.165) is 16.8 Å². The summed E-state index contributed by atoms with van der Waals surface area (Å²) < 4.78 is 1.07. The minimum atomic E-state index is 0.0562. The third-order valence-electron chi connectivity index (χ3n) is 2.88. The van der Waals surface area contributed by atoms with E-state index < -0.39 is 0 Å². The second-order valence-corrected chi connectivity index (χ2v) is 5.36. The first-order valence-electron chi connectivity index (χ1n) is 5.99. The molecule has 1 heterocycles. The lowest BCUT2D eigenvalue weighted by atomic mass is 10.2. The lowest BCUT2D eigenvalue weighted by Crippen LogP contribution is -2.18. The number of hydrogen-bond acceptors (Lipinski definition) is 3. The second kappa shape index (κ2) is 5.97. The van der Waals surface area contributed by atoms with Gasteiger partial charge >= 0.3 is 0 Å². The van der Waals surface area contributed by atoms with Crippen LogP contribution < -0.4 is 4.90 Å². The highest BCUT2D eigenvalue weighted by Gasteiger charge is 2.06. The first-order chi connectivity index (χ1) is 9.06. The van der Waals surface area contributed by atoms with Crippen molar-refractivity contribution in [1.29, 1.82) is 0 Å². The normalized spacial score (nSPS) is 10.3. The van der Waals surface area contributed by atoms with E-state index in [9.17, 15) is 4.79 Å². The Bertz CT molecular complexity index is 581. The van der Waals surface area contributed by atoms with Crippen LogP contribution in [0.1, 0.15) is 22.8 Å². The van der Waals surface area contributed by atoms with Crippen LogP contribution in [0.3, 0.4) is 0 Å². The summed E-state index contributed by atoms with van der Waals surface area (Å²) in [5, 5.41) is 0. The molecule has 0 spiro atoms. The molecule has 19 heavy (non-hydrogen) atoms. The van der Waals surface area contributed by atoms with Crippen molar-refractivity contribution in [3.63, 3.8) is 0 Å². The van der Waals surface area contributed by atoms with Gasteiger partial charge in [0.05, 0.1) is 0 Å². The highest BCUT2D eigenvalue weighted by molar-refractivity contribution is 9.10. The third kappa shape index (κ3) is 3.64. The number of halogens is 1. The zero-order valence-corrected chi connectivity index (χ0v) is 12.5. The van der Waals surface area contributed by atoms with E-state index in [4.69, 9.17) is 0 Å². The summed E-state index contributed by atoms with van der Waals surface area (Å²) in [5.74, 6) is 0.858. The smallest absolute Gasteiger partial charge is 0.159 e. The molecule has 1 aromatic heterocycles. The van der Waals surface area contributed by atoms with Crippen molar-refractivity contribution < 1.29 is 4.79 Å². The zero-order chi connectivity index (χ0) is 13.8. The monoisotopic (exact) mass is 318 g/mol. The zero-order valence-electron chi connectivity index (χ0n) is 10.9. The molecule has 0 atom stereocenters. The summed E-state index contributed by atoms with van der Waals surface area (Å²) in [6, 6.07) is 11.7. The second-order valence-electron chi connectivity index (χ2n) is 4.44. The largest absolute Gasteiger partial charge is 0.355 e. The number of benzene rings is 1. The molecule has 3 nitrogen and oxygen atoms in total. The summed E-state index contributed by atoms with van der Waals surface area (Å²) >= 11 is 3.42. The standard InChI is InChI=1S/C15H15BrN2O/c1-11(19)13-7-8-17-15(9-13)18(2)10-12-3-5-14(16)6-4-12/h3-9H,10H2,1-2H3. The van der Waals surface area contributed by atoms with Crippen molar-refractivity contribution in [3.8, 4) is 0 Å². The number of Topliss-reactive ketones (excluding diaryl/α,β-unsaturated/α-hetero) is 1. The van der Waals surface area contributed by atoms with Crippen molar-refractivity contribution in [1.82, 2.24) is 4.98 Å². The van der Waals surface area contributed by atoms with Gasteiger partial charge in [0.25, 0.3) is 0 Å². The van der Waals surface area contributed by atoms with Crippen LogP contribution in [-0.2, 0) is 6.54 Å². The van der Waals surface area contributed by atoms with Gasteiger partial charge in [-0.05, 0) is 36.8 Å². The SMILES string of the molecule is CC(=O)c1ccnc(N(C)Cc2ccc(Br)cc2)c1. The van der Waals surface area contributed by atoms with Crippen LogP contribution in [0.4, 0.5) is 5.82 Å². The lowest BCUT2D eigenvalue weighted by Gasteiger charge is -2.18. The van der Waals surface area contributed by atoms with Crippen LogP contribution in [0.15, 0.2) is 47.1 Å². The van der Waals surface area contributed by atoms with Crippen molar-refractivity contribution in [2.24, 2.45) is 0 Å². The number of ketones is 1. The van der Waals surface area contributed by atoms with E-state index in [0.29, 0.717) is 5.56 Å². The Labute approximate surface area is 121 Å². The number of aromatic nitrogens is 1. The van der Waals surface area contributed by atoms with Crippen molar-refractivity contribution >= 4 is 27.5 Å². The number of anilines is 1. The predicted molar refractivity (Wildman–Crippen MR) is 80.5 cm³/mol. The Morgan fingerprint density at radius 2 is 1.95 bits per heavy atom. The van der Waals surface area contributed by atoms with Crippen LogP contribution in [0.2, 0.25) is 0 Å². The number of carbonyl (C=O) groups is 1. The van der Waals surface area contributed by atoms with Gasteiger partial charge in [0.2, 0.25) is 0 Å². The van der Waals surface area contributed by atoms with E-state index in [2.05, 4.69) is 33.0 Å². The summed E-state index contributed by atoms with van der Waals surface area (Å²) in [6.45, 7) is 2.31. The molecule has 2 aromatic rings. The van der Waals surface area contributed by atoms with E-state index in [-0.39, 0.29) is 5.78 Å². The summed E-state index contributed by atoms with van der Waals surface area (Å²) in [6.07, 6.45) is 1.67. The van der Waals surface area contributed by atoms with Crippen LogP contribution in [-0.4, -0.2) is 17.8 Å². The first kappa shape index (κ1) is 13.7. The maximum atomic E-state index is 11.4. The molecule has 0 bridgehead atoms. The number of nitrogens with zero attached hydrogens (tertiary/aromatic N) is 2. The van der Waals surface area contributed by atoms with Gasteiger partial charge in [0.15, 0.2) is 5.78 Å². The maximum absolute atomic E-state index is 11.4. The molecule has 0 aliphatic heterocycles. The van der Waals surface area contributed by atoms with Gasteiger partial charge in [-0.1, -0.05) is 28.1 Å². The quantitative estimate of drug-likeness (QED) is 0.806. The Morgan fingerprint density at radius 3 is 2.58 bits per heavy atom. The van der Waals surface area contributed by atoms with Crippen molar-refractivity contribution in [2.75, 3.05) is 11.9 Å². The van der Waals surface area contributed by atoms with E-state index >= 15 is 0 Å². The molecule has 0 saturated heterocycles. The molecule has 0 saturated carbocycles. The number of pyridine rings is 1. The Kier molecular flexibility index (Phi) is 4.32. The van der Waals surface area contributed by atoms with Gasteiger partial charge in [0.1, 0.15) is 5.82 Å². The van der Waals surface area contributed by atoms with Gasteiger partial charge in [-0.15, -0.1) is 0 Å². The summed E-state index contributed by atoms with van der Waals surface area (Å²) in [7, 11) is 1.97. The highest BCUT2D eigenvalue weighted by Crippen LogP contribution is 2.16. The molecule has 2 rings (SSSR count). The minimum absolute atomic E-state index is 0.0562. The molecule has 4 heteroatoms. The Hall–Kier alpha value is -1.68. The van der Waals surface area contributed by atoms with Gasteiger partial charge in [0, 0.05) is 29.8 Å². The topological polar surface area (TPSA) is 33.2 Å².